The van der Waals surface area contributed by atoms with Crippen LogP contribution in [0.3, 0.4) is 0 Å². The lowest BCUT2D eigenvalue weighted by Crippen LogP contribution is -1.87. The molecule has 0 atom stereocenters. The highest BCUT2D eigenvalue weighted by Gasteiger charge is 2.10. The van der Waals surface area contributed by atoms with E-state index in [1.54, 1.807) is 0 Å². The van der Waals surface area contributed by atoms with Gasteiger partial charge in [-0.15, -0.1) is 0 Å². The Kier molecular flexibility index (Phi) is 3.86. The number of nitrogen functional groups attached to an aromatic ring is 1. The fourth-order valence-electron chi connectivity index (χ4n) is 3.96. The first-order chi connectivity index (χ1) is 15.2. The Morgan fingerprint density at radius 1 is 0.581 bits per heavy atom. The third kappa shape index (κ3) is 3.32. The van der Waals surface area contributed by atoms with Gasteiger partial charge in [-0.2, -0.15) is 0 Å². The van der Waals surface area contributed by atoms with Crippen molar-refractivity contribution in [2.75, 3.05) is 5.73 Å². The summed E-state index contributed by atoms with van der Waals surface area (Å²) in [6, 6.07) is 22.3. The largest absolute Gasteiger partial charge is 0.399 e. The van der Waals surface area contributed by atoms with Crippen LogP contribution in [0.5, 0.6) is 0 Å². The third-order valence-corrected chi connectivity index (χ3v) is 5.42. The number of nitrogens with two attached hydrogens (primary N) is 1. The average molecular weight is 401 g/mol. The van der Waals surface area contributed by atoms with Gasteiger partial charge >= 0.3 is 0 Å². The van der Waals surface area contributed by atoms with Gasteiger partial charge in [-0.25, -0.2) is 9.97 Å². The lowest BCUT2D eigenvalue weighted by molar-refractivity contribution is 1.31. The Labute approximate surface area is 178 Å². The number of nitrogens with zero attached hydrogens (tertiary/aromatic N) is 2. The number of nitrogens with one attached hydrogen (secondary N) is 2. The number of H-pyrrole nitrogens is 2. The van der Waals surface area contributed by atoms with E-state index >= 15 is 0 Å². The maximum absolute atomic E-state index is 5.92. The van der Waals surface area contributed by atoms with E-state index in [9.17, 15) is 0 Å². The first-order valence-electron chi connectivity index (χ1n) is 10.1. The first-order valence-corrected chi connectivity index (χ1v) is 10.1. The van der Waals surface area contributed by atoms with Gasteiger partial charge in [-0.3, -0.25) is 0 Å². The van der Waals surface area contributed by atoms with Crippen LogP contribution < -0.4 is 5.73 Å². The summed E-state index contributed by atoms with van der Waals surface area (Å²) in [6.07, 6.45) is 8.14. The van der Waals surface area contributed by atoms with Crippen LogP contribution in [0.2, 0.25) is 0 Å². The van der Waals surface area contributed by atoms with Gasteiger partial charge in [0.15, 0.2) is 0 Å². The average Bonchev–Trinajstić information content (AvgIpc) is 3.55. The van der Waals surface area contributed by atoms with E-state index in [1.807, 2.05) is 60.7 Å². The molecule has 2 aliphatic rings. The van der Waals surface area contributed by atoms with Crippen molar-refractivity contribution >= 4 is 52.1 Å². The smallest absolute Gasteiger partial charge is 0.0736 e. The zero-order chi connectivity index (χ0) is 20.8. The summed E-state index contributed by atoms with van der Waals surface area (Å²) >= 11 is 0. The quantitative estimate of drug-likeness (QED) is 0.300. The molecular weight excluding hydrogens is 382 g/mol. The molecule has 6 rings (SSSR count). The number of hydrogen-bond donors (Lipinski definition) is 3. The standard InChI is InChI=1S/C26H19N5/c27-17-3-1-16(2-4-17)26-24-11-9-22(30-24)14-20-7-5-18(28-20)13-19-6-8-21(29-19)15-23-10-12-25(26)31-23/h1-15,28,31H,27H2. The van der Waals surface area contributed by atoms with Crippen LogP contribution in [0.15, 0.2) is 66.7 Å². The molecule has 0 aliphatic carbocycles. The lowest BCUT2D eigenvalue weighted by atomic mass is 10.0. The number of aromatic amines is 2. The molecule has 0 saturated carbocycles. The maximum Gasteiger partial charge on any atom is 0.0736 e. The van der Waals surface area contributed by atoms with Crippen molar-refractivity contribution in [3.8, 4) is 11.1 Å². The summed E-state index contributed by atoms with van der Waals surface area (Å²) in [4.78, 5) is 16.6. The minimum absolute atomic E-state index is 0.736. The minimum Gasteiger partial charge on any atom is -0.399 e. The molecule has 4 N–H and O–H groups in total. The lowest BCUT2D eigenvalue weighted by Gasteiger charge is -2.04. The third-order valence-electron chi connectivity index (χ3n) is 5.42. The fraction of sp³-hybridized carbons (Fsp3) is 0. The van der Waals surface area contributed by atoms with E-state index in [0.29, 0.717) is 0 Å². The molecule has 4 aromatic rings. The molecule has 5 nitrogen and oxygen atoms in total. The number of rotatable bonds is 1. The van der Waals surface area contributed by atoms with Crippen LogP contribution in [-0.4, -0.2) is 19.9 Å². The van der Waals surface area contributed by atoms with Gasteiger partial charge in [0.1, 0.15) is 0 Å². The molecule has 0 radical (unpaired) electrons. The summed E-state index contributed by atoms with van der Waals surface area (Å²) < 4.78 is 0. The molecule has 0 fully saturated rings. The van der Waals surface area contributed by atoms with Gasteiger partial charge in [0.2, 0.25) is 0 Å². The molecule has 0 unspecified atom stereocenters. The van der Waals surface area contributed by atoms with Gasteiger partial charge < -0.3 is 15.7 Å². The van der Waals surface area contributed by atoms with Crippen molar-refractivity contribution in [3.05, 3.63) is 89.5 Å². The number of aromatic nitrogens is 4. The van der Waals surface area contributed by atoms with Gasteiger partial charge in [-0.05, 0) is 84.5 Å². The Bertz CT molecular complexity index is 1530. The van der Waals surface area contributed by atoms with Gasteiger partial charge in [0.05, 0.1) is 22.8 Å². The van der Waals surface area contributed by atoms with E-state index in [2.05, 4.69) is 40.3 Å². The summed E-state index contributed by atoms with van der Waals surface area (Å²) in [7, 11) is 0. The molecule has 5 heteroatoms. The monoisotopic (exact) mass is 401 g/mol. The van der Waals surface area contributed by atoms with Crippen molar-refractivity contribution in [3.63, 3.8) is 0 Å². The first kappa shape index (κ1) is 17.5. The Morgan fingerprint density at radius 2 is 1.16 bits per heavy atom. The molecule has 5 heterocycles. The molecule has 148 valence electrons. The Balaban J connectivity index is 1.71. The SMILES string of the molecule is Nc1ccc(-c2c3nc(cc4ccc(cc5nc(cc6ccc2[nH]6)C=C5)[nH]4)C=C3)cc1. The molecule has 0 spiro atoms. The number of benzene rings is 1. The Morgan fingerprint density at radius 3 is 1.87 bits per heavy atom. The molecule has 2 aliphatic heterocycles. The summed E-state index contributed by atoms with van der Waals surface area (Å²) in [5.41, 5.74) is 16.4. The van der Waals surface area contributed by atoms with Crippen LogP contribution in [0.4, 0.5) is 5.69 Å². The summed E-state index contributed by atoms with van der Waals surface area (Å²) in [5, 5.41) is 0. The van der Waals surface area contributed by atoms with E-state index in [4.69, 9.17) is 15.7 Å². The van der Waals surface area contributed by atoms with E-state index in [1.165, 1.54) is 0 Å². The van der Waals surface area contributed by atoms with E-state index in [0.717, 1.165) is 61.7 Å². The fourth-order valence-corrected chi connectivity index (χ4v) is 3.96. The summed E-state index contributed by atoms with van der Waals surface area (Å²) in [5.74, 6) is 0. The van der Waals surface area contributed by atoms with Gasteiger partial charge in [0.25, 0.3) is 0 Å². The van der Waals surface area contributed by atoms with Crippen molar-refractivity contribution < 1.29 is 0 Å². The Hall–Kier alpha value is -4.38. The van der Waals surface area contributed by atoms with Crippen molar-refractivity contribution in [2.45, 2.75) is 0 Å². The highest BCUT2D eigenvalue weighted by Crippen LogP contribution is 2.30. The predicted molar refractivity (Wildman–Crippen MR) is 129 cm³/mol. The topological polar surface area (TPSA) is 83.4 Å². The number of anilines is 1. The van der Waals surface area contributed by atoms with Crippen LogP contribution >= 0.6 is 0 Å². The molecule has 0 saturated heterocycles. The minimum atomic E-state index is 0.736. The molecular formula is C26H19N5. The molecule has 3 aromatic heterocycles. The van der Waals surface area contributed by atoms with Gasteiger partial charge in [0, 0.05) is 33.3 Å². The molecule has 31 heavy (non-hydrogen) atoms. The second kappa shape index (κ2) is 6.85. The van der Waals surface area contributed by atoms with Crippen LogP contribution in [0, 0.1) is 0 Å². The van der Waals surface area contributed by atoms with Crippen molar-refractivity contribution in [1.82, 2.24) is 19.9 Å². The highest BCUT2D eigenvalue weighted by molar-refractivity contribution is 5.91. The van der Waals surface area contributed by atoms with Gasteiger partial charge in [-0.1, -0.05) is 12.1 Å². The second-order valence-electron chi connectivity index (χ2n) is 7.68. The normalized spacial score (nSPS) is 12.4. The zero-order valence-electron chi connectivity index (χ0n) is 16.6. The number of fused-ring (bicyclic) bond motifs is 8. The maximum atomic E-state index is 5.92. The van der Waals surface area contributed by atoms with E-state index < -0.39 is 0 Å². The van der Waals surface area contributed by atoms with E-state index in [-0.39, 0.29) is 0 Å². The van der Waals surface area contributed by atoms with Crippen LogP contribution in [0.1, 0.15) is 22.8 Å². The molecule has 8 bridgehead atoms. The number of hydrogen-bond acceptors (Lipinski definition) is 3. The van der Waals surface area contributed by atoms with Crippen molar-refractivity contribution in [2.24, 2.45) is 0 Å². The highest BCUT2D eigenvalue weighted by atomic mass is 14.8. The summed E-state index contributed by atoms with van der Waals surface area (Å²) in [6.45, 7) is 0. The molecule has 0 amide bonds. The van der Waals surface area contributed by atoms with Crippen LogP contribution in [-0.2, 0) is 0 Å². The van der Waals surface area contributed by atoms with Crippen molar-refractivity contribution in [1.29, 1.82) is 0 Å². The predicted octanol–water partition coefficient (Wildman–Crippen LogP) is 5.90. The zero-order valence-corrected chi connectivity index (χ0v) is 16.6. The molecule has 1 aromatic carbocycles. The second-order valence-corrected chi connectivity index (χ2v) is 7.68. The van der Waals surface area contributed by atoms with Crippen LogP contribution in [0.25, 0.3) is 57.5 Å².